The molecule has 0 radical (unpaired) electrons. The maximum Gasteiger partial charge on any atom is 0.325 e. The van der Waals surface area contributed by atoms with Crippen LogP contribution < -0.4 is 5.11 Å². The van der Waals surface area contributed by atoms with E-state index in [0.717, 1.165) is 22.0 Å². The van der Waals surface area contributed by atoms with Gasteiger partial charge in [-0.05, 0) is 47.2 Å². The van der Waals surface area contributed by atoms with Crippen LogP contribution in [-0.4, -0.2) is 39.6 Å². The fraction of sp³-hybridized carbons (Fsp3) is 0.103. The molecule has 1 fully saturated rings. The minimum atomic E-state index is -1.26. The molecule has 8 nitrogen and oxygen atoms in total. The number of hydrogen-bond acceptors (Lipinski definition) is 7. The summed E-state index contributed by atoms with van der Waals surface area (Å²) < 4.78 is 6.63. The fourth-order valence-corrected chi connectivity index (χ4v) is 5.13. The van der Waals surface area contributed by atoms with Crippen molar-refractivity contribution < 1.29 is 24.2 Å². The Labute approximate surface area is 222 Å². The van der Waals surface area contributed by atoms with Crippen molar-refractivity contribution in [3.8, 4) is 0 Å². The minimum Gasteiger partial charge on any atom is -0.545 e. The molecular weight excluding hydrogens is 502 g/mol. The van der Waals surface area contributed by atoms with Crippen molar-refractivity contribution in [2.75, 3.05) is 7.11 Å². The number of carboxylic acid groups (broad SMARTS) is 1. The van der Waals surface area contributed by atoms with E-state index in [1.807, 2.05) is 66.9 Å². The number of benzene rings is 3. The summed E-state index contributed by atoms with van der Waals surface area (Å²) in [5, 5.41) is 12.5. The smallest absolute Gasteiger partial charge is 0.325 e. The van der Waals surface area contributed by atoms with Gasteiger partial charge in [0.25, 0.3) is 5.91 Å². The number of esters is 1. The van der Waals surface area contributed by atoms with Crippen LogP contribution in [0, 0.1) is 0 Å². The fourth-order valence-electron chi connectivity index (χ4n) is 4.14. The van der Waals surface area contributed by atoms with Crippen LogP contribution in [0.5, 0.6) is 0 Å². The van der Waals surface area contributed by atoms with Crippen LogP contribution in [0.1, 0.15) is 21.5 Å². The first-order valence-corrected chi connectivity index (χ1v) is 12.5. The van der Waals surface area contributed by atoms with E-state index < -0.39 is 5.97 Å². The van der Waals surface area contributed by atoms with Crippen molar-refractivity contribution in [3.05, 3.63) is 107 Å². The molecule has 2 heterocycles. The Hall–Kier alpha value is -4.63. The number of ether oxygens (including phenoxy) is 1. The number of rotatable bonds is 7. The monoisotopic (exact) mass is 524 g/mol. The third-order valence-corrected chi connectivity index (χ3v) is 7.04. The number of carbonyl (C=O) groups excluding carboxylic acids is 3. The SMILES string of the molecule is COC(=O)Cn1cc(/C=C2\SC(=Nc3ccccc3)N(Cc3ccc(C(=O)[O-])cc3)C2=O)c2ccccc21. The summed E-state index contributed by atoms with van der Waals surface area (Å²) in [5.74, 6) is -1.85. The van der Waals surface area contributed by atoms with E-state index in [1.54, 1.807) is 21.6 Å². The lowest BCUT2D eigenvalue weighted by Gasteiger charge is -2.16. The van der Waals surface area contributed by atoms with Crippen LogP contribution in [-0.2, 0) is 27.4 Å². The Morgan fingerprint density at radius 1 is 1.00 bits per heavy atom. The molecule has 0 spiro atoms. The number of nitrogens with zero attached hydrogens (tertiary/aromatic N) is 3. The number of aromatic nitrogens is 1. The molecule has 1 aliphatic heterocycles. The third kappa shape index (κ3) is 5.23. The zero-order valence-corrected chi connectivity index (χ0v) is 21.2. The molecule has 0 aliphatic carbocycles. The topological polar surface area (TPSA) is 104 Å². The van der Waals surface area contributed by atoms with Gasteiger partial charge in [0, 0.05) is 22.7 Å². The molecule has 0 bridgehead atoms. The summed E-state index contributed by atoms with van der Waals surface area (Å²) in [5.41, 5.74) is 3.16. The normalized spacial score (nSPS) is 15.5. The van der Waals surface area contributed by atoms with Gasteiger partial charge in [0.2, 0.25) is 0 Å². The second-order valence-corrected chi connectivity index (χ2v) is 9.53. The van der Waals surface area contributed by atoms with Crippen molar-refractivity contribution in [1.29, 1.82) is 0 Å². The Bertz CT molecular complexity index is 1590. The van der Waals surface area contributed by atoms with Crippen molar-refractivity contribution in [2.24, 2.45) is 4.99 Å². The van der Waals surface area contributed by atoms with E-state index in [2.05, 4.69) is 0 Å². The second-order valence-electron chi connectivity index (χ2n) is 8.52. The number of hydrogen-bond donors (Lipinski definition) is 0. The molecule has 5 rings (SSSR count). The lowest BCUT2D eigenvalue weighted by Crippen LogP contribution is -2.28. The number of aromatic carboxylic acids is 1. The highest BCUT2D eigenvalue weighted by Gasteiger charge is 2.33. The van der Waals surface area contributed by atoms with E-state index in [0.29, 0.717) is 15.8 Å². The number of fused-ring (bicyclic) bond motifs is 1. The number of amidine groups is 1. The first-order chi connectivity index (χ1) is 18.4. The van der Waals surface area contributed by atoms with Crippen molar-refractivity contribution in [2.45, 2.75) is 13.1 Å². The first-order valence-electron chi connectivity index (χ1n) is 11.7. The van der Waals surface area contributed by atoms with E-state index >= 15 is 0 Å². The van der Waals surface area contributed by atoms with Gasteiger partial charge in [0.05, 0.1) is 30.2 Å². The number of carbonyl (C=O) groups is 3. The van der Waals surface area contributed by atoms with Crippen molar-refractivity contribution >= 4 is 57.4 Å². The Morgan fingerprint density at radius 3 is 2.42 bits per heavy atom. The van der Waals surface area contributed by atoms with Crippen LogP contribution in [0.2, 0.25) is 0 Å². The largest absolute Gasteiger partial charge is 0.545 e. The predicted octanol–water partition coefficient (Wildman–Crippen LogP) is 3.98. The predicted molar refractivity (Wildman–Crippen MR) is 144 cm³/mol. The van der Waals surface area contributed by atoms with Gasteiger partial charge >= 0.3 is 5.97 Å². The molecule has 1 saturated heterocycles. The molecule has 0 unspecified atom stereocenters. The maximum absolute atomic E-state index is 13.6. The molecule has 4 aromatic rings. The van der Waals surface area contributed by atoms with Gasteiger partial charge in [0.15, 0.2) is 5.17 Å². The summed E-state index contributed by atoms with van der Waals surface area (Å²) in [4.78, 5) is 43.5. The van der Waals surface area contributed by atoms with Gasteiger partial charge in [-0.25, -0.2) is 4.99 Å². The summed E-state index contributed by atoms with van der Waals surface area (Å²) in [6, 6.07) is 23.2. The molecular formula is C29H22N3O5S-. The quantitative estimate of drug-likeness (QED) is 0.268. The molecule has 38 heavy (non-hydrogen) atoms. The van der Waals surface area contributed by atoms with E-state index in [9.17, 15) is 19.5 Å². The van der Waals surface area contributed by atoms with E-state index in [4.69, 9.17) is 9.73 Å². The summed E-state index contributed by atoms with van der Waals surface area (Å²) in [6.45, 7) is 0.266. The molecule has 1 aliphatic rings. The average molecular weight is 525 g/mol. The molecule has 1 aromatic heterocycles. The summed E-state index contributed by atoms with van der Waals surface area (Å²) in [6.07, 6.45) is 3.64. The molecule has 190 valence electrons. The highest BCUT2D eigenvalue weighted by atomic mass is 32.2. The first kappa shape index (κ1) is 25.0. The van der Waals surface area contributed by atoms with E-state index in [-0.39, 0.29) is 30.5 Å². The lowest BCUT2D eigenvalue weighted by molar-refractivity contribution is -0.255. The molecule has 0 atom stereocenters. The number of amides is 1. The second kappa shape index (κ2) is 10.8. The van der Waals surface area contributed by atoms with Crippen LogP contribution in [0.25, 0.3) is 17.0 Å². The van der Waals surface area contributed by atoms with Crippen molar-refractivity contribution in [3.63, 3.8) is 0 Å². The van der Waals surface area contributed by atoms with Crippen LogP contribution in [0.15, 0.2) is 95.0 Å². The van der Waals surface area contributed by atoms with Gasteiger partial charge in [-0.15, -0.1) is 0 Å². The van der Waals surface area contributed by atoms with E-state index in [1.165, 1.54) is 31.0 Å². The zero-order valence-electron chi connectivity index (χ0n) is 20.4. The standard InChI is InChI=1S/C29H23N3O5S/c1-37-26(33)18-31-17-21(23-9-5-6-10-24(23)31)15-25-27(34)32(16-19-11-13-20(14-12-19)28(35)36)29(38-25)30-22-7-3-2-4-8-22/h2-15,17H,16,18H2,1H3,(H,35,36)/p-1/b25-15-,30-29?. The number of carboxylic acids is 1. The van der Waals surface area contributed by atoms with Gasteiger partial charge in [-0.1, -0.05) is 60.7 Å². The molecule has 9 heteroatoms. The third-order valence-electron chi connectivity index (χ3n) is 6.03. The lowest BCUT2D eigenvalue weighted by atomic mass is 10.1. The van der Waals surface area contributed by atoms with Gasteiger partial charge in [-0.3, -0.25) is 14.5 Å². The van der Waals surface area contributed by atoms with Crippen molar-refractivity contribution in [1.82, 2.24) is 9.47 Å². The summed E-state index contributed by atoms with van der Waals surface area (Å²) >= 11 is 1.26. The van der Waals surface area contributed by atoms with Crippen LogP contribution in [0.4, 0.5) is 5.69 Å². The Morgan fingerprint density at radius 2 is 1.71 bits per heavy atom. The molecule has 0 saturated carbocycles. The molecule has 1 amide bonds. The average Bonchev–Trinajstić information content (AvgIpc) is 3.41. The van der Waals surface area contributed by atoms with Gasteiger partial charge < -0.3 is 19.2 Å². The summed E-state index contributed by atoms with van der Waals surface area (Å²) in [7, 11) is 1.35. The van der Waals surface area contributed by atoms with Gasteiger partial charge in [-0.2, -0.15) is 0 Å². The van der Waals surface area contributed by atoms with Crippen LogP contribution in [0.3, 0.4) is 0 Å². The number of thioether (sulfide) groups is 1. The maximum atomic E-state index is 13.6. The Kier molecular flexibility index (Phi) is 7.10. The minimum absolute atomic E-state index is 0.0516. The van der Waals surface area contributed by atoms with Gasteiger partial charge in [0.1, 0.15) is 6.54 Å². The highest BCUT2D eigenvalue weighted by molar-refractivity contribution is 8.18. The molecule has 0 N–H and O–H groups in total. The highest BCUT2D eigenvalue weighted by Crippen LogP contribution is 2.36. The Balaban J connectivity index is 1.52. The number of aliphatic imine (C=N–C) groups is 1. The number of methoxy groups -OCH3 is 1. The number of para-hydroxylation sites is 2. The van der Waals surface area contributed by atoms with Crippen LogP contribution >= 0.6 is 11.8 Å². The molecule has 3 aromatic carbocycles. The zero-order chi connectivity index (χ0) is 26.6.